The van der Waals surface area contributed by atoms with E-state index in [0.717, 1.165) is 11.3 Å². The molecular formula is C17H16N2O2. The number of rotatable bonds is 2. The molecule has 0 saturated heterocycles. The lowest BCUT2D eigenvalue weighted by Gasteiger charge is -2.08. The molecule has 0 atom stereocenters. The first kappa shape index (κ1) is 14.8. The molecule has 0 saturated carbocycles. The van der Waals surface area contributed by atoms with Crippen LogP contribution in [0.25, 0.3) is 0 Å². The second-order valence-electron chi connectivity index (χ2n) is 4.61. The van der Waals surface area contributed by atoms with Gasteiger partial charge >= 0.3 is 0 Å². The van der Waals surface area contributed by atoms with Crippen molar-refractivity contribution in [2.24, 2.45) is 0 Å². The highest BCUT2D eigenvalue weighted by molar-refractivity contribution is 6.05. The highest BCUT2D eigenvalue weighted by Crippen LogP contribution is 2.13. The maximum Gasteiger partial charge on any atom is 0.257 e. The first-order valence-corrected chi connectivity index (χ1v) is 6.55. The molecule has 106 valence electrons. The normalized spacial score (nSPS) is 9.67. The summed E-state index contributed by atoms with van der Waals surface area (Å²) in [5, 5.41) is 11.5. The van der Waals surface area contributed by atoms with Crippen LogP contribution in [-0.2, 0) is 0 Å². The first-order chi connectivity index (χ1) is 10.1. The lowest BCUT2D eigenvalue weighted by Crippen LogP contribution is -2.14. The summed E-state index contributed by atoms with van der Waals surface area (Å²) in [5.41, 5.74) is 2.93. The molecule has 1 heterocycles. The number of carbonyl (C=O) groups excluding carboxylic acids is 1. The van der Waals surface area contributed by atoms with Gasteiger partial charge in [0.25, 0.3) is 5.91 Å². The minimum atomic E-state index is -0.224. The number of aliphatic hydroxyl groups is 1. The van der Waals surface area contributed by atoms with Crippen LogP contribution in [-0.4, -0.2) is 22.6 Å². The van der Waals surface area contributed by atoms with Gasteiger partial charge in [-0.15, -0.1) is 0 Å². The molecule has 0 bridgehead atoms. The zero-order chi connectivity index (χ0) is 15.2. The SMILES string of the molecule is Cc1cccc(NC(=O)c2cc(C#CCO)ccc2C)n1. The molecule has 0 spiro atoms. The van der Waals surface area contributed by atoms with E-state index in [4.69, 9.17) is 5.11 Å². The quantitative estimate of drug-likeness (QED) is 0.830. The Morgan fingerprint density at radius 1 is 1.29 bits per heavy atom. The summed E-state index contributed by atoms with van der Waals surface area (Å²) in [6.45, 7) is 3.52. The van der Waals surface area contributed by atoms with Crippen molar-refractivity contribution in [3.05, 3.63) is 58.8 Å². The maximum absolute atomic E-state index is 12.3. The van der Waals surface area contributed by atoms with Crippen molar-refractivity contribution in [1.29, 1.82) is 0 Å². The first-order valence-electron chi connectivity index (χ1n) is 6.55. The van der Waals surface area contributed by atoms with Gasteiger partial charge in [-0.25, -0.2) is 4.98 Å². The summed E-state index contributed by atoms with van der Waals surface area (Å²) in [6.07, 6.45) is 0. The standard InChI is InChI=1S/C17H16N2O2/c1-12-8-9-14(6-4-10-20)11-15(12)17(21)19-16-7-3-5-13(2)18-16/h3,5,7-9,11,20H,10H2,1-2H3,(H,18,19,21). The van der Waals surface area contributed by atoms with Crippen LogP contribution in [0.2, 0.25) is 0 Å². The van der Waals surface area contributed by atoms with Crippen molar-refractivity contribution in [3.63, 3.8) is 0 Å². The summed E-state index contributed by atoms with van der Waals surface area (Å²) in [7, 11) is 0. The van der Waals surface area contributed by atoms with Gasteiger partial charge in [0.1, 0.15) is 12.4 Å². The second-order valence-corrected chi connectivity index (χ2v) is 4.61. The zero-order valence-corrected chi connectivity index (χ0v) is 12.0. The van der Waals surface area contributed by atoms with Crippen molar-refractivity contribution in [2.75, 3.05) is 11.9 Å². The number of carbonyl (C=O) groups is 1. The second kappa shape index (κ2) is 6.69. The van der Waals surface area contributed by atoms with E-state index in [2.05, 4.69) is 22.1 Å². The van der Waals surface area contributed by atoms with Crippen LogP contribution in [0.4, 0.5) is 5.82 Å². The molecule has 2 aromatic rings. The maximum atomic E-state index is 12.3. The predicted molar refractivity (Wildman–Crippen MR) is 82.1 cm³/mol. The van der Waals surface area contributed by atoms with E-state index >= 15 is 0 Å². The van der Waals surface area contributed by atoms with Gasteiger partial charge in [-0.3, -0.25) is 4.79 Å². The molecule has 0 aliphatic heterocycles. The Kier molecular flexibility index (Phi) is 4.70. The van der Waals surface area contributed by atoms with Crippen LogP contribution in [0.3, 0.4) is 0 Å². The Labute approximate surface area is 123 Å². The third kappa shape index (κ3) is 3.91. The van der Waals surface area contributed by atoms with Gasteiger partial charge in [-0.05, 0) is 43.7 Å². The molecule has 0 unspecified atom stereocenters. The molecule has 4 heteroatoms. The average molecular weight is 280 g/mol. The molecule has 0 radical (unpaired) electrons. The molecule has 0 aliphatic carbocycles. The zero-order valence-electron chi connectivity index (χ0n) is 12.0. The van der Waals surface area contributed by atoms with E-state index in [9.17, 15) is 4.79 Å². The molecule has 0 fully saturated rings. The summed E-state index contributed by atoms with van der Waals surface area (Å²) < 4.78 is 0. The fourth-order valence-corrected chi connectivity index (χ4v) is 1.88. The lowest BCUT2D eigenvalue weighted by atomic mass is 10.0. The van der Waals surface area contributed by atoms with E-state index in [0.29, 0.717) is 16.9 Å². The monoisotopic (exact) mass is 280 g/mol. The van der Waals surface area contributed by atoms with E-state index in [-0.39, 0.29) is 12.5 Å². The van der Waals surface area contributed by atoms with E-state index in [1.165, 1.54) is 0 Å². The molecule has 4 nitrogen and oxygen atoms in total. The van der Waals surface area contributed by atoms with Crippen LogP contribution in [0.1, 0.15) is 27.2 Å². The molecule has 1 aromatic heterocycles. The van der Waals surface area contributed by atoms with Gasteiger partial charge in [-0.1, -0.05) is 24.0 Å². The smallest absolute Gasteiger partial charge is 0.257 e. The number of pyridine rings is 1. The molecule has 1 amide bonds. The number of benzene rings is 1. The summed E-state index contributed by atoms with van der Waals surface area (Å²) in [6, 6.07) is 10.8. The number of amides is 1. The largest absolute Gasteiger partial charge is 0.384 e. The Morgan fingerprint density at radius 3 is 2.81 bits per heavy atom. The highest BCUT2D eigenvalue weighted by Gasteiger charge is 2.10. The number of anilines is 1. The summed E-state index contributed by atoms with van der Waals surface area (Å²) in [5.74, 6) is 5.66. The van der Waals surface area contributed by atoms with Gasteiger partial charge < -0.3 is 10.4 Å². The van der Waals surface area contributed by atoms with Crippen molar-refractivity contribution in [1.82, 2.24) is 4.98 Å². The lowest BCUT2D eigenvalue weighted by molar-refractivity contribution is 0.102. The van der Waals surface area contributed by atoms with Gasteiger partial charge in [0.05, 0.1) is 0 Å². The molecule has 21 heavy (non-hydrogen) atoms. The van der Waals surface area contributed by atoms with Crippen molar-refractivity contribution in [3.8, 4) is 11.8 Å². The van der Waals surface area contributed by atoms with Crippen molar-refractivity contribution >= 4 is 11.7 Å². The number of aliphatic hydroxyl groups excluding tert-OH is 1. The minimum Gasteiger partial charge on any atom is -0.384 e. The number of aromatic nitrogens is 1. The molecular weight excluding hydrogens is 264 g/mol. The van der Waals surface area contributed by atoms with Gasteiger partial charge in [0, 0.05) is 16.8 Å². The Balaban J connectivity index is 2.26. The number of nitrogens with zero attached hydrogens (tertiary/aromatic N) is 1. The summed E-state index contributed by atoms with van der Waals surface area (Å²) in [4.78, 5) is 16.6. The fourth-order valence-electron chi connectivity index (χ4n) is 1.88. The van der Waals surface area contributed by atoms with Crippen molar-refractivity contribution < 1.29 is 9.90 Å². The molecule has 2 N–H and O–H groups in total. The summed E-state index contributed by atoms with van der Waals surface area (Å²) >= 11 is 0. The predicted octanol–water partition coefficient (Wildman–Crippen LogP) is 2.29. The third-order valence-electron chi connectivity index (χ3n) is 2.92. The number of aryl methyl sites for hydroxylation is 2. The van der Waals surface area contributed by atoms with Gasteiger partial charge in [0.15, 0.2) is 0 Å². The van der Waals surface area contributed by atoms with Crippen LogP contribution >= 0.6 is 0 Å². The van der Waals surface area contributed by atoms with Gasteiger partial charge in [-0.2, -0.15) is 0 Å². The van der Waals surface area contributed by atoms with Crippen LogP contribution < -0.4 is 5.32 Å². The van der Waals surface area contributed by atoms with E-state index in [1.54, 1.807) is 12.1 Å². The fraction of sp³-hybridized carbons (Fsp3) is 0.176. The Bertz CT molecular complexity index is 727. The van der Waals surface area contributed by atoms with Crippen LogP contribution in [0, 0.1) is 25.7 Å². The van der Waals surface area contributed by atoms with Gasteiger partial charge in [0.2, 0.25) is 0 Å². The third-order valence-corrected chi connectivity index (χ3v) is 2.92. The minimum absolute atomic E-state index is 0.206. The van der Waals surface area contributed by atoms with Crippen LogP contribution in [0.5, 0.6) is 0 Å². The topological polar surface area (TPSA) is 62.2 Å². The Morgan fingerprint density at radius 2 is 2.10 bits per heavy atom. The Hall–Kier alpha value is -2.64. The van der Waals surface area contributed by atoms with E-state index in [1.807, 2.05) is 38.1 Å². The molecule has 1 aromatic carbocycles. The number of nitrogens with one attached hydrogen (secondary N) is 1. The average Bonchev–Trinajstić information content (AvgIpc) is 2.46. The number of hydrogen-bond donors (Lipinski definition) is 2. The number of hydrogen-bond acceptors (Lipinski definition) is 3. The molecule has 2 rings (SSSR count). The van der Waals surface area contributed by atoms with Crippen molar-refractivity contribution in [2.45, 2.75) is 13.8 Å². The molecule has 0 aliphatic rings. The van der Waals surface area contributed by atoms with Crippen LogP contribution in [0.15, 0.2) is 36.4 Å². The van der Waals surface area contributed by atoms with E-state index < -0.39 is 0 Å². The highest BCUT2D eigenvalue weighted by atomic mass is 16.2.